The van der Waals surface area contributed by atoms with Crippen molar-refractivity contribution in [2.45, 2.75) is 33.4 Å². The number of carbonyl (C=O) groups excluding carboxylic acids is 2. The average molecular weight is 458 g/mol. The number of carboxylic acids is 1. The van der Waals surface area contributed by atoms with E-state index in [1.165, 1.54) is 4.90 Å². The summed E-state index contributed by atoms with van der Waals surface area (Å²) in [4.78, 5) is 38.4. The second kappa shape index (κ2) is 9.39. The SMILES string of the molecule is Cc1ccc(NC(=O)Nc2ccc(-c3ccc4c(c3)C(=O)N(C(C(=O)O)C(C)C)C4)cc2)cc1. The fourth-order valence-corrected chi connectivity index (χ4v) is 4.18. The number of rotatable bonds is 6. The van der Waals surface area contributed by atoms with Gasteiger partial charge in [0.25, 0.3) is 5.91 Å². The van der Waals surface area contributed by atoms with E-state index < -0.39 is 12.0 Å². The first-order valence-corrected chi connectivity index (χ1v) is 11.1. The third-order valence-electron chi connectivity index (χ3n) is 5.95. The maximum Gasteiger partial charge on any atom is 0.326 e. The molecular weight excluding hydrogens is 430 g/mol. The Balaban J connectivity index is 1.46. The predicted octanol–water partition coefficient (Wildman–Crippen LogP) is 5.37. The topological polar surface area (TPSA) is 98.7 Å². The molecule has 0 aromatic heterocycles. The van der Waals surface area contributed by atoms with Gasteiger partial charge in [-0.15, -0.1) is 0 Å². The molecule has 1 heterocycles. The molecule has 34 heavy (non-hydrogen) atoms. The smallest absolute Gasteiger partial charge is 0.326 e. The summed E-state index contributed by atoms with van der Waals surface area (Å²) in [6.07, 6.45) is 0. The Hall–Kier alpha value is -4.13. The van der Waals surface area contributed by atoms with Gasteiger partial charge in [0.1, 0.15) is 6.04 Å². The standard InChI is InChI=1S/C27H27N3O4/c1-16(2)24(26(32)33)30-15-20-7-6-19(14-23(20)25(30)31)18-8-12-22(13-9-18)29-27(34)28-21-10-4-17(3)5-11-21/h4-14,16,24H,15H2,1-3H3,(H,32,33)(H2,28,29,34). The molecular formula is C27H27N3O4. The molecule has 0 fully saturated rings. The van der Waals surface area contributed by atoms with E-state index in [0.717, 1.165) is 22.3 Å². The van der Waals surface area contributed by atoms with Gasteiger partial charge in [-0.2, -0.15) is 0 Å². The molecule has 3 amide bonds. The van der Waals surface area contributed by atoms with Crippen LogP contribution in [0, 0.1) is 12.8 Å². The molecule has 7 heteroatoms. The van der Waals surface area contributed by atoms with Gasteiger partial charge in [0.15, 0.2) is 0 Å². The van der Waals surface area contributed by atoms with Crippen LogP contribution < -0.4 is 10.6 Å². The Morgan fingerprint density at radius 1 is 0.882 bits per heavy atom. The highest BCUT2D eigenvalue weighted by molar-refractivity contribution is 6.02. The lowest BCUT2D eigenvalue weighted by atomic mass is 10.00. The number of aryl methyl sites for hydroxylation is 1. The van der Waals surface area contributed by atoms with Gasteiger partial charge in [-0.05, 0) is 59.9 Å². The molecule has 1 aliphatic rings. The third-order valence-corrected chi connectivity index (χ3v) is 5.95. The summed E-state index contributed by atoms with van der Waals surface area (Å²) in [6.45, 7) is 5.88. The van der Waals surface area contributed by atoms with Gasteiger partial charge in [-0.1, -0.05) is 55.8 Å². The summed E-state index contributed by atoms with van der Waals surface area (Å²) in [5.41, 5.74) is 5.55. The van der Waals surface area contributed by atoms with Crippen molar-refractivity contribution in [1.29, 1.82) is 0 Å². The molecule has 0 aliphatic carbocycles. The van der Waals surface area contributed by atoms with Crippen molar-refractivity contribution in [3.63, 3.8) is 0 Å². The van der Waals surface area contributed by atoms with Gasteiger partial charge >= 0.3 is 12.0 Å². The number of benzene rings is 3. The Labute approximate surface area is 198 Å². The molecule has 3 aromatic carbocycles. The van der Waals surface area contributed by atoms with Gasteiger partial charge in [0, 0.05) is 23.5 Å². The lowest BCUT2D eigenvalue weighted by Gasteiger charge is -2.27. The number of aliphatic carboxylic acids is 1. The Morgan fingerprint density at radius 2 is 1.44 bits per heavy atom. The molecule has 174 valence electrons. The lowest BCUT2D eigenvalue weighted by Crippen LogP contribution is -2.44. The van der Waals surface area contributed by atoms with Gasteiger partial charge in [0.05, 0.1) is 0 Å². The number of nitrogens with one attached hydrogen (secondary N) is 2. The Morgan fingerprint density at radius 3 is 2.00 bits per heavy atom. The van der Waals surface area contributed by atoms with Crippen LogP contribution in [-0.2, 0) is 11.3 Å². The van der Waals surface area contributed by atoms with E-state index in [0.29, 0.717) is 23.5 Å². The van der Waals surface area contributed by atoms with Gasteiger partial charge < -0.3 is 20.6 Å². The normalized spacial score (nSPS) is 13.5. The number of urea groups is 1. The molecule has 0 saturated carbocycles. The van der Waals surface area contributed by atoms with Crippen molar-refractivity contribution >= 4 is 29.3 Å². The van der Waals surface area contributed by atoms with Crippen LogP contribution in [0.25, 0.3) is 11.1 Å². The van der Waals surface area contributed by atoms with Crippen molar-refractivity contribution < 1.29 is 19.5 Å². The number of hydrogen-bond acceptors (Lipinski definition) is 3. The summed E-state index contributed by atoms with van der Waals surface area (Å²) in [7, 11) is 0. The molecule has 1 unspecified atom stereocenters. The summed E-state index contributed by atoms with van der Waals surface area (Å²) >= 11 is 0. The van der Waals surface area contributed by atoms with Crippen LogP contribution in [0.2, 0.25) is 0 Å². The molecule has 1 aliphatic heterocycles. The lowest BCUT2D eigenvalue weighted by molar-refractivity contribution is -0.144. The minimum atomic E-state index is -0.995. The summed E-state index contributed by atoms with van der Waals surface area (Å²) in [5, 5.41) is 15.2. The largest absolute Gasteiger partial charge is 0.480 e. The third kappa shape index (κ3) is 4.78. The minimum Gasteiger partial charge on any atom is -0.480 e. The summed E-state index contributed by atoms with van der Waals surface area (Å²) in [5.74, 6) is -1.45. The molecule has 0 radical (unpaired) electrons. The molecule has 3 N–H and O–H groups in total. The van der Waals surface area contributed by atoms with Crippen LogP contribution in [0.4, 0.5) is 16.2 Å². The van der Waals surface area contributed by atoms with Crippen LogP contribution in [0.3, 0.4) is 0 Å². The van der Waals surface area contributed by atoms with Crippen LogP contribution in [0.15, 0.2) is 66.7 Å². The first kappa shape index (κ1) is 23.0. The number of amides is 3. The molecule has 0 bridgehead atoms. The van der Waals surface area contributed by atoms with Crippen LogP contribution in [-0.4, -0.2) is 34.0 Å². The highest BCUT2D eigenvalue weighted by atomic mass is 16.4. The number of anilines is 2. The summed E-state index contributed by atoms with van der Waals surface area (Å²) < 4.78 is 0. The second-order valence-electron chi connectivity index (χ2n) is 8.85. The van der Waals surface area contributed by atoms with Crippen LogP contribution in [0.5, 0.6) is 0 Å². The van der Waals surface area contributed by atoms with Gasteiger partial charge in [-0.25, -0.2) is 9.59 Å². The van der Waals surface area contributed by atoms with E-state index in [2.05, 4.69) is 10.6 Å². The Bertz CT molecular complexity index is 1230. The number of fused-ring (bicyclic) bond motifs is 1. The number of nitrogens with zero attached hydrogens (tertiary/aromatic N) is 1. The fourth-order valence-electron chi connectivity index (χ4n) is 4.18. The number of carbonyl (C=O) groups is 3. The van der Waals surface area contributed by atoms with E-state index in [-0.39, 0.29) is 17.9 Å². The van der Waals surface area contributed by atoms with Gasteiger partial charge in [-0.3, -0.25) is 4.79 Å². The molecule has 0 spiro atoms. The maximum atomic E-state index is 13.0. The monoisotopic (exact) mass is 457 g/mol. The van der Waals surface area contributed by atoms with Crippen molar-refractivity contribution in [2.75, 3.05) is 10.6 Å². The summed E-state index contributed by atoms with van der Waals surface area (Å²) in [6, 6.07) is 19.3. The van der Waals surface area contributed by atoms with Crippen LogP contribution >= 0.6 is 0 Å². The second-order valence-corrected chi connectivity index (χ2v) is 8.85. The molecule has 0 saturated heterocycles. The van der Waals surface area contributed by atoms with Crippen LogP contribution in [0.1, 0.15) is 35.3 Å². The van der Waals surface area contributed by atoms with Crippen molar-refractivity contribution in [1.82, 2.24) is 4.90 Å². The molecule has 7 nitrogen and oxygen atoms in total. The minimum absolute atomic E-state index is 0.196. The number of hydrogen-bond donors (Lipinski definition) is 3. The van der Waals surface area contributed by atoms with Crippen molar-refractivity contribution in [2.24, 2.45) is 5.92 Å². The fraction of sp³-hybridized carbons (Fsp3) is 0.222. The molecule has 1 atom stereocenters. The highest BCUT2D eigenvalue weighted by Crippen LogP contribution is 2.31. The van der Waals surface area contributed by atoms with E-state index in [1.54, 1.807) is 26.0 Å². The van der Waals surface area contributed by atoms with E-state index in [1.807, 2.05) is 61.5 Å². The van der Waals surface area contributed by atoms with E-state index >= 15 is 0 Å². The molecule has 3 aromatic rings. The average Bonchev–Trinajstić information content (AvgIpc) is 3.11. The number of carboxylic acid groups (broad SMARTS) is 1. The first-order valence-electron chi connectivity index (χ1n) is 11.1. The highest BCUT2D eigenvalue weighted by Gasteiger charge is 2.38. The van der Waals surface area contributed by atoms with E-state index in [9.17, 15) is 19.5 Å². The van der Waals surface area contributed by atoms with Crippen molar-refractivity contribution in [3.05, 3.63) is 83.4 Å². The predicted molar refractivity (Wildman–Crippen MR) is 132 cm³/mol. The van der Waals surface area contributed by atoms with Crippen molar-refractivity contribution in [3.8, 4) is 11.1 Å². The zero-order valence-corrected chi connectivity index (χ0v) is 19.3. The maximum absolute atomic E-state index is 13.0. The van der Waals surface area contributed by atoms with E-state index in [4.69, 9.17) is 0 Å². The quantitative estimate of drug-likeness (QED) is 0.463. The Kier molecular flexibility index (Phi) is 6.36. The molecule has 4 rings (SSSR count). The first-order chi connectivity index (χ1) is 16.2. The zero-order valence-electron chi connectivity index (χ0n) is 19.3. The zero-order chi connectivity index (χ0) is 24.4. The van der Waals surface area contributed by atoms with Gasteiger partial charge in [0.2, 0.25) is 0 Å².